The van der Waals surface area contributed by atoms with Crippen molar-refractivity contribution >= 4 is 11.6 Å². The average molecular weight is 730 g/mol. The van der Waals surface area contributed by atoms with E-state index in [4.69, 9.17) is 14.2 Å². The fourth-order valence-corrected chi connectivity index (χ4v) is 5.57. The number of aromatic nitrogens is 2. The summed E-state index contributed by atoms with van der Waals surface area (Å²) in [5, 5.41) is 15.8. The summed E-state index contributed by atoms with van der Waals surface area (Å²) in [6.07, 6.45) is -8.27. The summed E-state index contributed by atoms with van der Waals surface area (Å²) in [5.74, 6) is -1.96. The van der Waals surface area contributed by atoms with Gasteiger partial charge < -0.3 is 24.6 Å². The highest BCUT2D eigenvalue weighted by Gasteiger charge is 2.47. The Balaban J connectivity index is 1.75. The van der Waals surface area contributed by atoms with Crippen molar-refractivity contribution in [1.82, 2.24) is 20.4 Å². The lowest BCUT2D eigenvalue weighted by Gasteiger charge is -2.48. The van der Waals surface area contributed by atoms with Crippen molar-refractivity contribution in [3.05, 3.63) is 82.3 Å². The van der Waals surface area contributed by atoms with Gasteiger partial charge in [0.1, 0.15) is 36.0 Å². The molecule has 1 aromatic heterocycles. The minimum atomic E-state index is -4.94. The smallest absolute Gasteiger partial charge is 0.433 e. The first-order chi connectivity index (χ1) is 24.0. The second kappa shape index (κ2) is 16.4. The predicted octanol–water partition coefficient (Wildman–Crippen LogP) is 6.65. The number of carbonyl (C=O) groups excluding carboxylic acids is 1. The number of halogens is 7. The van der Waals surface area contributed by atoms with Gasteiger partial charge >= 0.3 is 12.4 Å². The normalized spacial score (nSPS) is 15.0. The summed E-state index contributed by atoms with van der Waals surface area (Å²) >= 11 is 0. The van der Waals surface area contributed by atoms with E-state index < -0.39 is 64.3 Å². The Morgan fingerprint density at radius 2 is 1.71 bits per heavy atom. The van der Waals surface area contributed by atoms with E-state index in [9.17, 15) is 36.2 Å². The van der Waals surface area contributed by atoms with Gasteiger partial charge in [0.2, 0.25) is 0 Å². The van der Waals surface area contributed by atoms with Crippen molar-refractivity contribution in [2.75, 3.05) is 52.9 Å². The molecule has 278 valence electrons. The van der Waals surface area contributed by atoms with Crippen LogP contribution in [0.1, 0.15) is 41.6 Å². The van der Waals surface area contributed by atoms with Gasteiger partial charge in [0.15, 0.2) is 0 Å². The van der Waals surface area contributed by atoms with E-state index in [1.54, 1.807) is 19.1 Å². The zero-order valence-corrected chi connectivity index (χ0v) is 28.3. The lowest BCUT2D eigenvalue weighted by molar-refractivity contribution is -0.141. The molecular weight excluding hydrogens is 691 g/mol. The highest BCUT2D eigenvalue weighted by Crippen LogP contribution is 2.43. The van der Waals surface area contributed by atoms with Gasteiger partial charge in [0.05, 0.1) is 47.9 Å². The summed E-state index contributed by atoms with van der Waals surface area (Å²) in [6, 6.07) is 5.39. The Kier molecular flexibility index (Phi) is 12.7. The molecule has 1 aliphatic rings. The van der Waals surface area contributed by atoms with Crippen molar-refractivity contribution in [3.63, 3.8) is 0 Å². The average Bonchev–Trinajstić information content (AvgIpc) is 3.06. The van der Waals surface area contributed by atoms with Crippen LogP contribution in [-0.4, -0.2) is 79.2 Å². The molecule has 10 nitrogen and oxygen atoms in total. The van der Waals surface area contributed by atoms with Gasteiger partial charge in [-0.2, -0.15) is 26.3 Å². The van der Waals surface area contributed by atoms with Crippen molar-refractivity contribution in [2.24, 2.45) is 0 Å². The van der Waals surface area contributed by atoms with Gasteiger partial charge in [0, 0.05) is 31.7 Å². The molecule has 1 heterocycles. The van der Waals surface area contributed by atoms with Crippen LogP contribution in [0.25, 0.3) is 11.3 Å². The number of aliphatic hydroxyl groups excluding tert-OH is 1. The van der Waals surface area contributed by atoms with Crippen molar-refractivity contribution in [2.45, 2.75) is 50.5 Å². The third kappa shape index (κ3) is 9.13. The summed E-state index contributed by atoms with van der Waals surface area (Å²) in [4.78, 5) is 21.0. The van der Waals surface area contributed by atoms with Crippen LogP contribution in [0, 0.1) is 12.7 Å². The van der Waals surface area contributed by atoms with Gasteiger partial charge in [-0.05, 0) is 69.1 Å². The second-order valence-corrected chi connectivity index (χ2v) is 11.8. The molecule has 3 aromatic rings. The van der Waals surface area contributed by atoms with Gasteiger partial charge in [0.25, 0.3) is 5.91 Å². The van der Waals surface area contributed by atoms with Gasteiger partial charge in [-0.25, -0.2) is 19.4 Å². The van der Waals surface area contributed by atoms with Crippen LogP contribution in [0.4, 0.5) is 36.4 Å². The quantitative estimate of drug-likeness (QED) is 0.0520. The molecular formula is C34H38F7N5O5. The summed E-state index contributed by atoms with van der Waals surface area (Å²) < 4.78 is 113. The molecule has 0 aliphatic heterocycles. The Bertz CT molecular complexity index is 1730. The van der Waals surface area contributed by atoms with E-state index >= 15 is 4.39 Å². The number of benzene rings is 2. The summed E-state index contributed by atoms with van der Waals surface area (Å²) in [6.45, 7) is 2.54. The Morgan fingerprint density at radius 3 is 2.31 bits per heavy atom. The van der Waals surface area contributed by atoms with Crippen molar-refractivity contribution < 1.29 is 54.8 Å². The number of nitrogens with zero attached hydrogens (tertiary/aromatic N) is 3. The molecule has 0 bridgehead atoms. The number of hydrogen-bond acceptors (Lipinski definition) is 9. The van der Waals surface area contributed by atoms with Gasteiger partial charge in [-0.1, -0.05) is 6.07 Å². The molecule has 2 aromatic carbocycles. The molecule has 4 rings (SSSR count). The molecule has 0 atom stereocenters. The SMILES string of the molecule is CNN(C)C1(/C(O)=C(\Cc2ccc(OCCOCCOC)c(C)c2F)C(=O)Nc2ccc(C(F)(F)F)cc2-c2cc(C(F)(F)F)ncn2)CCC1. The molecule has 0 radical (unpaired) electrons. The molecule has 0 spiro atoms. The monoisotopic (exact) mass is 729 g/mol. The molecule has 1 saturated carbocycles. The first kappa shape index (κ1) is 39.5. The Morgan fingerprint density at radius 1 is 1.00 bits per heavy atom. The van der Waals surface area contributed by atoms with Crippen molar-refractivity contribution in [3.8, 4) is 17.0 Å². The maximum absolute atomic E-state index is 15.8. The Hall–Kier alpha value is -4.32. The van der Waals surface area contributed by atoms with Crippen LogP contribution in [0.2, 0.25) is 0 Å². The van der Waals surface area contributed by atoms with Crippen LogP contribution < -0.4 is 15.5 Å². The third-order valence-corrected chi connectivity index (χ3v) is 8.69. The van der Waals surface area contributed by atoms with E-state index in [0.29, 0.717) is 57.0 Å². The van der Waals surface area contributed by atoms with Crippen LogP contribution in [0.15, 0.2) is 54.1 Å². The van der Waals surface area contributed by atoms with Crippen LogP contribution in [0.5, 0.6) is 5.75 Å². The number of likely N-dealkylation sites (N-methyl/N-ethyl adjacent to an activating group) is 1. The van der Waals surface area contributed by atoms with E-state index in [1.807, 2.05) is 0 Å². The van der Waals surface area contributed by atoms with Crippen LogP contribution in [-0.2, 0) is 33.0 Å². The predicted molar refractivity (Wildman–Crippen MR) is 172 cm³/mol. The van der Waals surface area contributed by atoms with Crippen LogP contribution >= 0.6 is 0 Å². The van der Waals surface area contributed by atoms with E-state index in [1.165, 1.54) is 26.2 Å². The standard InChI is InChI=1S/C34H38F7N5O5/c1-20-27(51-15-14-50-13-12-49-4)9-6-21(29(20)35)16-24(30(47)32(10-5-11-32)46(3)42-2)31(48)45-25-8-7-22(33(36,37)38)17-23(25)26-18-28(34(39,40)41)44-19-43-26/h6-9,17-19,42,47H,5,10-16H2,1-4H3,(H,45,48)/b30-24-. The molecule has 1 amide bonds. The molecule has 51 heavy (non-hydrogen) atoms. The number of aliphatic hydroxyl groups is 1. The summed E-state index contributed by atoms with van der Waals surface area (Å²) in [7, 11) is 4.77. The number of hydrazine groups is 1. The molecule has 1 aliphatic carbocycles. The fourth-order valence-electron chi connectivity index (χ4n) is 5.57. The number of nitrogens with one attached hydrogen (secondary N) is 2. The third-order valence-electron chi connectivity index (χ3n) is 8.69. The summed E-state index contributed by atoms with van der Waals surface area (Å²) in [5.41, 5.74) is -2.41. The number of ether oxygens (including phenoxy) is 3. The van der Waals surface area contributed by atoms with E-state index in [-0.39, 0.29) is 41.4 Å². The molecule has 3 N–H and O–H groups in total. The minimum Gasteiger partial charge on any atom is -0.510 e. The highest BCUT2D eigenvalue weighted by molar-refractivity contribution is 6.06. The minimum absolute atomic E-state index is 0.00672. The van der Waals surface area contributed by atoms with Crippen LogP contribution in [0.3, 0.4) is 0 Å². The zero-order valence-electron chi connectivity index (χ0n) is 28.3. The number of carbonyl (C=O) groups is 1. The fraction of sp³-hybridized carbons (Fsp3) is 0.441. The number of amides is 1. The molecule has 1 fully saturated rings. The molecule has 0 saturated heterocycles. The number of anilines is 1. The lowest BCUT2D eigenvalue weighted by Crippen LogP contribution is -2.58. The molecule has 17 heteroatoms. The van der Waals surface area contributed by atoms with E-state index in [0.717, 1.165) is 6.07 Å². The number of alkyl halides is 6. The van der Waals surface area contributed by atoms with Gasteiger partial charge in [-0.15, -0.1) is 0 Å². The number of rotatable bonds is 15. The number of methoxy groups -OCH3 is 1. The second-order valence-electron chi connectivity index (χ2n) is 11.8. The highest BCUT2D eigenvalue weighted by atomic mass is 19.4. The van der Waals surface area contributed by atoms with Crippen molar-refractivity contribution in [1.29, 1.82) is 0 Å². The number of hydrogen-bond donors (Lipinski definition) is 3. The maximum Gasteiger partial charge on any atom is 0.433 e. The largest absolute Gasteiger partial charge is 0.510 e. The zero-order chi connectivity index (χ0) is 37.6. The lowest BCUT2D eigenvalue weighted by atomic mass is 9.73. The van der Waals surface area contributed by atoms with E-state index in [2.05, 4.69) is 20.7 Å². The first-order valence-electron chi connectivity index (χ1n) is 15.8. The Labute approximate surface area is 289 Å². The van der Waals surface area contributed by atoms with Gasteiger partial charge in [-0.3, -0.25) is 10.2 Å². The first-order valence-corrected chi connectivity index (χ1v) is 15.8. The molecule has 0 unspecified atom stereocenters. The maximum atomic E-state index is 15.8. The topological polar surface area (TPSA) is 118 Å².